The predicted octanol–water partition coefficient (Wildman–Crippen LogP) is 4.71. The molecule has 1 aliphatic rings. The van der Waals surface area contributed by atoms with Crippen molar-refractivity contribution in [2.75, 3.05) is 4.72 Å². The number of benzene rings is 3. The van der Waals surface area contributed by atoms with Crippen molar-refractivity contribution in [1.82, 2.24) is 5.01 Å². The van der Waals surface area contributed by atoms with Crippen LogP contribution in [0.25, 0.3) is 0 Å². The second-order valence-corrected chi connectivity index (χ2v) is 9.06. The zero-order chi connectivity index (χ0) is 22.7. The van der Waals surface area contributed by atoms with E-state index in [2.05, 4.69) is 9.82 Å². The highest BCUT2D eigenvalue weighted by atomic mass is 32.2. The Morgan fingerprint density at radius 1 is 1.03 bits per heavy atom. The number of carbonyl (C=O) groups is 1. The summed E-state index contributed by atoms with van der Waals surface area (Å²) in [5.41, 5.74) is 2.30. The first-order valence-corrected chi connectivity index (χ1v) is 11.7. The van der Waals surface area contributed by atoms with Crippen molar-refractivity contribution in [2.45, 2.75) is 30.7 Å². The molecule has 32 heavy (non-hydrogen) atoms. The van der Waals surface area contributed by atoms with E-state index in [4.69, 9.17) is 0 Å². The van der Waals surface area contributed by atoms with Crippen LogP contribution in [0.1, 0.15) is 36.9 Å². The lowest BCUT2D eigenvalue weighted by Crippen LogP contribution is -2.26. The van der Waals surface area contributed by atoms with Crippen LogP contribution in [-0.2, 0) is 14.8 Å². The fraction of sp³-hybridized carbons (Fsp3) is 0.167. The third-order valence-electron chi connectivity index (χ3n) is 5.26. The number of para-hydroxylation sites is 1. The van der Waals surface area contributed by atoms with E-state index >= 15 is 0 Å². The van der Waals surface area contributed by atoms with Crippen molar-refractivity contribution in [2.24, 2.45) is 5.10 Å². The van der Waals surface area contributed by atoms with Gasteiger partial charge in [-0.1, -0.05) is 55.5 Å². The average Bonchev–Trinajstić information content (AvgIpc) is 3.25. The summed E-state index contributed by atoms with van der Waals surface area (Å²) < 4.78 is 41.8. The highest BCUT2D eigenvalue weighted by Crippen LogP contribution is 2.35. The lowest BCUT2D eigenvalue weighted by atomic mass is 9.97. The van der Waals surface area contributed by atoms with E-state index in [0.717, 1.165) is 5.56 Å². The molecule has 0 saturated heterocycles. The number of halogens is 1. The molecular formula is C24H22FN3O3S. The first-order valence-electron chi connectivity index (χ1n) is 10.2. The van der Waals surface area contributed by atoms with Crippen LogP contribution in [0.5, 0.6) is 0 Å². The van der Waals surface area contributed by atoms with Gasteiger partial charge < -0.3 is 0 Å². The van der Waals surface area contributed by atoms with E-state index < -0.39 is 16.1 Å². The van der Waals surface area contributed by atoms with Crippen LogP contribution < -0.4 is 4.72 Å². The topological polar surface area (TPSA) is 78.8 Å². The van der Waals surface area contributed by atoms with Crippen LogP contribution in [-0.4, -0.2) is 25.0 Å². The normalized spacial score (nSPS) is 16.0. The molecule has 0 saturated carbocycles. The van der Waals surface area contributed by atoms with Gasteiger partial charge in [0.05, 0.1) is 22.3 Å². The molecule has 164 valence electrons. The molecular weight excluding hydrogens is 429 g/mol. The summed E-state index contributed by atoms with van der Waals surface area (Å²) in [6.45, 7) is 1.75. The summed E-state index contributed by atoms with van der Waals surface area (Å²) in [4.78, 5) is 12.7. The van der Waals surface area contributed by atoms with Gasteiger partial charge in [-0.2, -0.15) is 5.10 Å². The van der Waals surface area contributed by atoms with Gasteiger partial charge in [0.25, 0.3) is 10.0 Å². The number of nitrogens with zero attached hydrogens (tertiary/aromatic N) is 2. The van der Waals surface area contributed by atoms with Crippen LogP contribution in [0.3, 0.4) is 0 Å². The molecule has 1 aliphatic heterocycles. The minimum absolute atomic E-state index is 0.148. The summed E-state index contributed by atoms with van der Waals surface area (Å²) in [5, 5.41) is 5.95. The smallest absolute Gasteiger partial charge is 0.261 e. The monoisotopic (exact) mass is 451 g/mol. The molecule has 3 aromatic rings. The quantitative estimate of drug-likeness (QED) is 0.589. The number of anilines is 1. The van der Waals surface area contributed by atoms with Crippen LogP contribution in [0.4, 0.5) is 10.1 Å². The molecule has 0 fully saturated rings. The first-order chi connectivity index (χ1) is 15.4. The van der Waals surface area contributed by atoms with Crippen molar-refractivity contribution in [3.63, 3.8) is 0 Å². The maximum atomic E-state index is 13.4. The molecule has 0 unspecified atom stereocenters. The summed E-state index contributed by atoms with van der Waals surface area (Å²) in [7, 11) is -3.80. The Balaban J connectivity index is 1.69. The van der Waals surface area contributed by atoms with Gasteiger partial charge in [0.1, 0.15) is 5.82 Å². The molecule has 8 heteroatoms. The van der Waals surface area contributed by atoms with Crippen molar-refractivity contribution in [1.29, 1.82) is 0 Å². The van der Waals surface area contributed by atoms with Crippen molar-refractivity contribution in [3.05, 3.63) is 95.8 Å². The number of sulfonamides is 1. The van der Waals surface area contributed by atoms with Gasteiger partial charge in [-0.25, -0.2) is 17.8 Å². The summed E-state index contributed by atoms with van der Waals surface area (Å²) >= 11 is 0. The molecule has 1 N–H and O–H groups in total. The molecule has 1 atom stereocenters. The lowest BCUT2D eigenvalue weighted by Gasteiger charge is -2.21. The fourth-order valence-corrected chi connectivity index (χ4v) is 4.74. The van der Waals surface area contributed by atoms with Crippen LogP contribution >= 0.6 is 0 Å². The Labute approximate surface area is 186 Å². The van der Waals surface area contributed by atoms with E-state index in [-0.39, 0.29) is 23.0 Å². The molecule has 0 aromatic heterocycles. The third-order valence-corrected chi connectivity index (χ3v) is 6.64. The number of rotatable bonds is 6. The second kappa shape index (κ2) is 8.92. The number of nitrogens with one attached hydrogen (secondary N) is 1. The van der Waals surface area contributed by atoms with E-state index in [1.165, 1.54) is 29.3 Å². The molecule has 3 aromatic carbocycles. The van der Waals surface area contributed by atoms with E-state index in [1.54, 1.807) is 61.5 Å². The highest BCUT2D eigenvalue weighted by molar-refractivity contribution is 7.92. The molecule has 4 rings (SSSR count). The van der Waals surface area contributed by atoms with Gasteiger partial charge in [-0.15, -0.1) is 0 Å². The SMILES string of the molecule is CCC(=O)N1N=C(c2ccccc2NS(=O)(=O)c2ccccc2)C[C@@H]1c1ccc(F)cc1. The Morgan fingerprint density at radius 3 is 2.38 bits per heavy atom. The predicted molar refractivity (Wildman–Crippen MR) is 121 cm³/mol. The van der Waals surface area contributed by atoms with Gasteiger partial charge in [0.2, 0.25) is 5.91 Å². The average molecular weight is 452 g/mol. The molecule has 1 heterocycles. The summed E-state index contributed by atoms with van der Waals surface area (Å²) in [5.74, 6) is -0.529. The largest absolute Gasteiger partial charge is 0.279 e. The fourth-order valence-electron chi connectivity index (χ4n) is 3.64. The van der Waals surface area contributed by atoms with Crippen molar-refractivity contribution < 1.29 is 17.6 Å². The lowest BCUT2D eigenvalue weighted by molar-refractivity contribution is -0.132. The molecule has 0 aliphatic carbocycles. The zero-order valence-corrected chi connectivity index (χ0v) is 18.2. The minimum atomic E-state index is -3.80. The van der Waals surface area contributed by atoms with Gasteiger partial charge in [0.15, 0.2) is 0 Å². The summed E-state index contributed by atoms with van der Waals surface area (Å²) in [6, 6.07) is 20.6. The standard InChI is InChI=1S/C24H22FN3O3S/c1-2-24(29)28-23(17-12-14-18(25)15-13-17)16-22(26-28)20-10-6-7-11-21(20)27-32(30,31)19-8-4-3-5-9-19/h3-15,23,27H,2,16H2,1H3/t23-/m1/s1. The minimum Gasteiger partial charge on any atom is -0.279 e. The molecule has 0 bridgehead atoms. The second-order valence-electron chi connectivity index (χ2n) is 7.37. The van der Waals surface area contributed by atoms with Crippen molar-refractivity contribution in [3.8, 4) is 0 Å². The van der Waals surface area contributed by atoms with Crippen molar-refractivity contribution >= 4 is 27.3 Å². The van der Waals surface area contributed by atoms with E-state index in [0.29, 0.717) is 23.4 Å². The maximum absolute atomic E-state index is 13.4. The first kappa shape index (κ1) is 21.7. The molecule has 1 amide bonds. The van der Waals surface area contributed by atoms with E-state index in [1.807, 2.05) is 0 Å². The Hall–Kier alpha value is -3.52. The Morgan fingerprint density at radius 2 is 1.69 bits per heavy atom. The Kier molecular flexibility index (Phi) is 6.05. The van der Waals surface area contributed by atoms with Gasteiger partial charge >= 0.3 is 0 Å². The summed E-state index contributed by atoms with van der Waals surface area (Å²) in [6.07, 6.45) is 0.637. The van der Waals surface area contributed by atoms with E-state index in [9.17, 15) is 17.6 Å². The third kappa shape index (κ3) is 4.40. The Bertz CT molecular complexity index is 1260. The number of hydrogen-bond donors (Lipinski definition) is 1. The highest BCUT2D eigenvalue weighted by Gasteiger charge is 2.33. The van der Waals surface area contributed by atoms with Gasteiger partial charge in [-0.3, -0.25) is 9.52 Å². The maximum Gasteiger partial charge on any atom is 0.261 e. The number of carbonyl (C=O) groups excluding carboxylic acids is 1. The molecule has 0 radical (unpaired) electrons. The van der Waals surface area contributed by atoms with Crippen LogP contribution in [0.2, 0.25) is 0 Å². The number of hydrogen-bond acceptors (Lipinski definition) is 4. The number of hydrazone groups is 1. The van der Waals surface area contributed by atoms with Crippen LogP contribution in [0.15, 0.2) is 88.9 Å². The molecule has 6 nitrogen and oxygen atoms in total. The molecule has 0 spiro atoms. The zero-order valence-electron chi connectivity index (χ0n) is 17.4. The van der Waals surface area contributed by atoms with Gasteiger partial charge in [-0.05, 0) is 35.9 Å². The van der Waals surface area contributed by atoms with Gasteiger partial charge in [0, 0.05) is 18.4 Å². The number of amides is 1. The van der Waals surface area contributed by atoms with Crippen LogP contribution in [0, 0.1) is 5.82 Å².